The Morgan fingerprint density at radius 2 is 2.13 bits per heavy atom. The molecule has 1 N–H and O–H groups in total. The van der Waals surface area contributed by atoms with Crippen molar-refractivity contribution in [1.29, 1.82) is 0 Å². The van der Waals surface area contributed by atoms with Crippen LogP contribution in [0.3, 0.4) is 0 Å². The number of hydrogen-bond donors (Lipinski definition) is 1. The van der Waals surface area contributed by atoms with Crippen molar-refractivity contribution in [3.63, 3.8) is 0 Å². The van der Waals surface area contributed by atoms with Gasteiger partial charge in [0.15, 0.2) is 0 Å². The van der Waals surface area contributed by atoms with Crippen molar-refractivity contribution >= 4 is 0 Å². The monoisotopic (exact) mass is 215 g/mol. The van der Waals surface area contributed by atoms with E-state index in [1.165, 1.54) is 12.8 Å². The minimum absolute atomic E-state index is 0.276. The summed E-state index contributed by atoms with van der Waals surface area (Å²) in [5.41, 5.74) is 0. The summed E-state index contributed by atoms with van der Waals surface area (Å²) >= 11 is 0. The Kier molecular flexibility index (Phi) is 6.22. The maximum Gasteiger partial charge on any atom is 0.0808 e. The second-order valence-corrected chi connectivity index (χ2v) is 4.70. The van der Waals surface area contributed by atoms with Crippen molar-refractivity contribution in [2.45, 2.75) is 58.3 Å². The molecule has 0 aromatic carbocycles. The molecule has 0 bridgehead atoms. The summed E-state index contributed by atoms with van der Waals surface area (Å²) in [7, 11) is 0. The van der Waals surface area contributed by atoms with E-state index in [-0.39, 0.29) is 6.10 Å². The molecule has 1 rings (SSSR count). The zero-order valence-electron chi connectivity index (χ0n) is 10.3. The second kappa shape index (κ2) is 7.20. The number of nitrogens with one attached hydrogen (secondary N) is 1. The van der Waals surface area contributed by atoms with E-state index < -0.39 is 0 Å². The molecule has 90 valence electrons. The first-order chi connectivity index (χ1) is 7.18. The highest BCUT2D eigenvalue weighted by Gasteiger charge is 2.15. The predicted molar refractivity (Wildman–Crippen MR) is 62.1 cm³/mol. The van der Waals surface area contributed by atoms with Crippen LogP contribution in [0.15, 0.2) is 0 Å². The van der Waals surface area contributed by atoms with Crippen LogP contribution in [-0.4, -0.2) is 38.0 Å². The lowest BCUT2D eigenvalue weighted by atomic mass is 10.1. The molecule has 1 fully saturated rings. The van der Waals surface area contributed by atoms with Crippen LogP contribution >= 0.6 is 0 Å². The van der Waals surface area contributed by atoms with Gasteiger partial charge < -0.3 is 14.8 Å². The molecule has 0 radical (unpaired) electrons. The van der Waals surface area contributed by atoms with Crippen LogP contribution in [0.2, 0.25) is 0 Å². The fraction of sp³-hybridized carbons (Fsp3) is 1.00. The van der Waals surface area contributed by atoms with Gasteiger partial charge in [0.05, 0.1) is 18.8 Å². The molecule has 1 aliphatic rings. The van der Waals surface area contributed by atoms with Crippen LogP contribution in [0.1, 0.15) is 40.0 Å². The van der Waals surface area contributed by atoms with Gasteiger partial charge in [0.2, 0.25) is 0 Å². The Morgan fingerprint density at radius 1 is 1.33 bits per heavy atom. The fourth-order valence-corrected chi connectivity index (χ4v) is 1.67. The molecule has 2 unspecified atom stereocenters. The Balaban J connectivity index is 2.02. The third-order valence-electron chi connectivity index (χ3n) is 2.65. The lowest BCUT2D eigenvalue weighted by molar-refractivity contribution is -0.0586. The van der Waals surface area contributed by atoms with Crippen molar-refractivity contribution < 1.29 is 9.47 Å². The van der Waals surface area contributed by atoms with Gasteiger partial charge in [0.1, 0.15) is 0 Å². The quantitative estimate of drug-likeness (QED) is 0.734. The minimum Gasteiger partial charge on any atom is -0.376 e. The highest BCUT2D eigenvalue weighted by atomic mass is 16.5. The van der Waals surface area contributed by atoms with Crippen molar-refractivity contribution in [2.24, 2.45) is 0 Å². The molecule has 15 heavy (non-hydrogen) atoms. The van der Waals surface area contributed by atoms with Gasteiger partial charge in [0, 0.05) is 19.2 Å². The third-order valence-corrected chi connectivity index (χ3v) is 2.65. The zero-order chi connectivity index (χ0) is 11.1. The molecule has 1 saturated heterocycles. The minimum atomic E-state index is 0.276. The molecular formula is C12H25NO2. The van der Waals surface area contributed by atoms with E-state index in [0.29, 0.717) is 12.1 Å². The highest BCUT2D eigenvalue weighted by molar-refractivity contribution is 4.65. The summed E-state index contributed by atoms with van der Waals surface area (Å²) in [5, 5.41) is 3.37. The van der Waals surface area contributed by atoms with E-state index in [9.17, 15) is 0 Å². The predicted octanol–water partition coefficient (Wildman–Crippen LogP) is 1.96. The van der Waals surface area contributed by atoms with Gasteiger partial charge in [-0.3, -0.25) is 0 Å². The largest absolute Gasteiger partial charge is 0.376 e. The maximum absolute atomic E-state index is 5.74. The summed E-state index contributed by atoms with van der Waals surface area (Å²) in [6.07, 6.45) is 4.26. The first-order valence-electron chi connectivity index (χ1n) is 6.15. The first kappa shape index (κ1) is 12.9. The third kappa shape index (κ3) is 6.13. The van der Waals surface area contributed by atoms with E-state index in [1.54, 1.807) is 0 Å². The summed E-state index contributed by atoms with van der Waals surface area (Å²) in [4.78, 5) is 0. The maximum atomic E-state index is 5.74. The normalized spacial score (nSPS) is 24.4. The molecule has 0 aliphatic carbocycles. The van der Waals surface area contributed by atoms with Gasteiger partial charge in [-0.15, -0.1) is 0 Å². The molecule has 0 spiro atoms. The Bertz CT molecular complexity index is 156. The van der Waals surface area contributed by atoms with Crippen molar-refractivity contribution in [2.75, 3.05) is 19.8 Å². The van der Waals surface area contributed by atoms with Crippen LogP contribution in [0.4, 0.5) is 0 Å². The highest BCUT2D eigenvalue weighted by Crippen LogP contribution is 2.13. The molecule has 3 nitrogen and oxygen atoms in total. The average Bonchev–Trinajstić information content (AvgIpc) is 2.25. The first-order valence-corrected chi connectivity index (χ1v) is 6.15. The van der Waals surface area contributed by atoms with Gasteiger partial charge in [0.25, 0.3) is 0 Å². The Labute approximate surface area is 93.5 Å². The van der Waals surface area contributed by atoms with E-state index in [1.807, 2.05) is 0 Å². The molecule has 0 aromatic rings. The van der Waals surface area contributed by atoms with E-state index in [2.05, 4.69) is 26.1 Å². The second-order valence-electron chi connectivity index (χ2n) is 4.70. The topological polar surface area (TPSA) is 30.5 Å². The van der Waals surface area contributed by atoms with Gasteiger partial charge in [-0.05, 0) is 26.2 Å². The van der Waals surface area contributed by atoms with Crippen LogP contribution < -0.4 is 5.32 Å². The van der Waals surface area contributed by atoms with Crippen LogP contribution in [-0.2, 0) is 9.47 Å². The van der Waals surface area contributed by atoms with E-state index >= 15 is 0 Å². The van der Waals surface area contributed by atoms with E-state index in [4.69, 9.17) is 9.47 Å². The molecule has 0 saturated carbocycles. The van der Waals surface area contributed by atoms with Gasteiger partial charge in [-0.2, -0.15) is 0 Å². The Hall–Kier alpha value is -0.120. The smallest absolute Gasteiger partial charge is 0.0808 e. The van der Waals surface area contributed by atoms with Gasteiger partial charge >= 0.3 is 0 Å². The molecular weight excluding hydrogens is 190 g/mol. The average molecular weight is 215 g/mol. The number of ether oxygens (including phenoxy) is 2. The van der Waals surface area contributed by atoms with Crippen molar-refractivity contribution in [1.82, 2.24) is 5.32 Å². The Morgan fingerprint density at radius 3 is 2.73 bits per heavy atom. The summed E-state index contributed by atoms with van der Waals surface area (Å²) in [6, 6.07) is 0.530. The lowest BCUT2D eigenvalue weighted by Crippen LogP contribution is -2.34. The standard InChI is InChI=1S/C12H25NO2/c1-10(2)13-8-11(3)15-9-12-6-4-5-7-14-12/h10-13H,4-9H2,1-3H3. The van der Waals surface area contributed by atoms with Crippen molar-refractivity contribution in [3.05, 3.63) is 0 Å². The summed E-state index contributed by atoms with van der Waals surface area (Å²) < 4.78 is 11.4. The SMILES string of the molecule is CC(C)NCC(C)OCC1CCCCO1. The molecule has 3 heteroatoms. The zero-order valence-corrected chi connectivity index (χ0v) is 10.3. The summed E-state index contributed by atoms with van der Waals surface area (Å²) in [6.45, 7) is 8.99. The molecule has 0 aromatic heterocycles. The van der Waals surface area contributed by atoms with Gasteiger partial charge in [-0.1, -0.05) is 13.8 Å². The molecule has 2 atom stereocenters. The van der Waals surface area contributed by atoms with Crippen LogP contribution in [0.25, 0.3) is 0 Å². The fourth-order valence-electron chi connectivity index (χ4n) is 1.67. The number of hydrogen-bond acceptors (Lipinski definition) is 3. The number of rotatable bonds is 6. The molecule has 0 amide bonds. The molecule has 1 heterocycles. The van der Waals surface area contributed by atoms with Crippen LogP contribution in [0.5, 0.6) is 0 Å². The van der Waals surface area contributed by atoms with Crippen LogP contribution in [0, 0.1) is 0 Å². The summed E-state index contributed by atoms with van der Waals surface area (Å²) in [5.74, 6) is 0. The van der Waals surface area contributed by atoms with Crippen molar-refractivity contribution in [3.8, 4) is 0 Å². The van der Waals surface area contributed by atoms with E-state index in [0.717, 1.165) is 26.2 Å². The molecule has 1 aliphatic heterocycles. The van der Waals surface area contributed by atoms with Gasteiger partial charge in [-0.25, -0.2) is 0 Å². The lowest BCUT2D eigenvalue weighted by Gasteiger charge is -2.24.